The van der Waals surface area contributed by atoms with Gasteiger partial charge in [-0.1, -0.05) is 23.9 Å². The Kier molecular flexibility index (Phi) is 1.28. The number of hydrogen-bond donors (Lipinski definition) is 1. The van der Waals surface area contributed by atoms with E-state index in [0.717, 1.165) is 0 Å². The van der Waals surface area contributed by atoms with Crippen LogP contribution in [0.5, 0.6) is 0 Å². The first-order valence-electron chi connectivity index (χ1n) is 1.62. The minimum absolute atomic E-state index is 0.676. The summed E-state index contributed by atoms with van der Waals surface area (Å²) >= 11 is 0. The van der Waals surface area contributed by atoms with Gasteiger partial charge in [-0.05, 0) is 0 Å². The lowest BCUT2D eigenvalue weighted by atomic mass is 11.4. The van der Waals surface area contributed by atoms with Gasteiger partial charge in [0, 0.05) is 0 Å². The quantitative estimate of drug-likeness (QED) is 0.460. The lowest BCUT2D eigenvalue weighted by molar-refractivity contribution is 0.222. The Balaban J connectivity index is 4.92. The van der Waals surface area contributed by atoms with Crippen molar-refractivity contribution in [3.05, 3.63) is 0 Å². The molecule has 0 bridgehead atoms. The lowest BCUT2D eigenvalue weighted by Crippen LogP contribution is -2.26. The van der Waals surface area contributed by atoms with Crippen LogP contribution >= 0.6 is 10.2 Å². The average molecular weight is 189 g/mol. The summed E-state index contributed by atoms with van der Waals surface area (Å²) in [4.78, 5) is 9.17. The van der Waals surface area contributed by atoms with Crippen molar-refractivity contribution in [2.45, 2.75) is 0 Å². The molecule has 0 heterocycles. The monoisotopic (exact) mass is 189 g/mol. The summed E-state index contributed by atoms with van der Waals surface area (Å²) in [6, 6.07) is 0. The van der Waals surface area contributed by atoms with Crippen molar-refractivity contribution in [3.8, 4) is 0 Å². The van der Waals surface area contributed by atoms with E-state index in [1.807, 2.05) is 0 Å². The zero-order chi connectivity index (χ0) is 8.69. The molecular weight excluding hydrogens is 188 g/mol. The van der Waals surface area contributed by atoms with Gasteiger partial charge in [-0.2, -0.15) is 5.54 Å². The second-order valence-corrected chi connectivity index (χ2v) is 3.66. The fourth-order valence-electron chi connectivity index (χ4n) is 0.0729. The van der Waals surface area contributed by atoms with E-state index >= 15 is 0 Å². The molecule has 1 N–H and O–H groups in total. The van der Waals surface area contributed by atoms with Crippen LogP contribution in [0.1, 0.15) is 0 Å². The van der Waals surface area contributed by atoms with Gasteiger partial charge in [0.2, 0.25) is 0 Å². The van der Waals surface area contributed by atoms with Crippen LogP contribution in [0.3, 0.4) is 0 Å². The molecule has 0 aromatic carbocycles. The number of amides is 1. The van der Waals surface area contributed by atoms with Crippen molar-refractivity contribution in [2.24, 2.45) is 0 Å². The first kappa shape index (κ1) is 9.40. The highest BCUT2D eigenvalue weighted by Gasteiger charge is 2.72. The van der Waals surface area contributed by atoms with Crippen LogP contribution in [0.2, 0.25) is 0 Å². The van der Waals surface area contributed by atoms with E-state index in [1.54, 1.807) is 0 Å². The molecule has 1 amide bonds. The third-order valence-corrected chi connectivity index (χ3v) is 1.21. The van der Waals surface area contributed by atoms with Crippen LogP contribution < -0.4 is 5.54 Å². The maximum Gasteiger partial charge on any atom is 0.403 e. The molecule has 0 aromatic rings. The smallest absolute Gasteiger partial charge is 0.249 e. The van der Waals surface area contributed by atoms with Gasteiger partial charge in [-0.25, -0.2) is 4.79 Å². The van der Waals surface area contributed by atoms with Crippen LogP contribution in [0.4, 0.5) is 28.7 Å². The zero-order valence-corrected chi connectivity index (χ0v) is 4.90. The predicted octanol–water partition coefficient (Wildman–Crippen LogP) is 2.88. The Bertz CT molecular complexity index is 165. The van der Waals surface area contributed by atoms with Crippen LogP contribution in [-0.4, -0.2) is 5.24 Å². The van der Waals surface area contributed by atoms with E-state index in [0.29, 0.717) is 0 Å². The van der Waals surface area contributed by atoms with Crippen molar-refractivity contribution in [2.75, 3.05) is 0 Å². The number of nitrogens with one attached hydrogen (secondary N) is 1. The average Bonchev–Trinajstić information content (AvgIpc) is 1.57. The lowest BCUT2D eigenvalue weighted by Gasteiger charge is -2.35. The minimum atomic E-state index is -10.3. The molecule has 2 nitrogen and oxygen atoms in total. The second-order valence-electron chi connectivity index (χ2n) is 1.35. The summed E-state index contributed by atoms with van der Waals surface area (Å²) in [5.41, 5.74) is -0.676. The molecule has 10 heavy (non-hydrogen) atoms. The SMILES string of the molecule is O=C(NF)S(F)(F)(F)(F)F. The molecule has 0 aliphatic carbocycles. The molecule has 0 saturated heterocycles. The summed E-state index contributed by atoms with van der Waals surface area (Å²) in [5.74, 6) is 0. The molecule has 0 saturated carbocycles. The first-order chi connectivity index (χ1) is 3.97. The highest BCUT2D eigenvalue weighted by molar-refractivity contribution is 8.56. The van der Waals surface area contributed by atoms with Crippen molar-refractivity contribution < 1.29 is 28.7 Å². The molecule has 0 unspecified atom stereocenters. The molecule has 0 atom stereocenters. The highest BCUT2D eigenvalue weighted by atomic mass is 32.5. The number of carbonyl (C=O) groups excluding carboxylic acids is 1. The molecule has 0 rings (SSSR count). The summed E-state index contributed by atoms with van der Waals surface area (Å²) in [6.07, 6.45) is 0. The number of halogens is 6. The Morgan fingerprint density at radius 1 is 1.10 bits per heavy atom. The van der Waals surface area contributed by atoms with Gasteiger partial charge in [0.15, 0.2) is 0 Å². The van der Waals surface area contributed by atoms with Gasteiger partial charge in [0.1, 0.15) is 0 Å². The predicted molar refractivity (Wildman–Crippen MR) is 22.8 cm³/mol. The summed E-state index contributed by atoms with van der Waals surface area (Å²) in [5, 5.41) is -3.83. The molecule has 0 aromatic heterocycles. The van der Waals surface area contributed by atoms with Gasteiger partial charge in [-0.15, -0.1) is 0 Å². The van der Waals surface area contributed by atoms with E-state index < -0.39 is 21.0 Å². The third-order valence-electron chi connectivity index (χ3n) is 0.428. The number of hydrogen-bond acceptors (Lipinski definition) is 1. The molecule has 0 radical (unpaired) electrons. The fourth-order valence-corrected chi connectivity index (χ4v) is 0.219. The topological polar surface area (TPSA) is 29.1 Å². The molecule has 9 heteroatoms. The zero-order valence-electron chi connectivity index (χ0n) is 4.08. The Morgan fingerprint density at radius 3 is 1.40 bits per heavy atom. The van der Waals surface area contributed by atoms with E-state index in [2.05, 4.69) is 0 Å². The van der Waals surface area contributed by atoms with Crippen molar-refractivity contribution >= 4 is 15.5 Å². The van der Waals surface area contributed by atoms with E-state index in [9.17, 15) is 23.9 Å². The Hall–Kier alpha value is -0.600. The van der Waals surface area contributed by atoms with Crippen molar-refractivity contribution in [1.29, 1.82) is 0 Å². The van der Waals surface area contributed by atoms with Crippen molar-refractivity contribution in [3.63, 3.8) is 0 Å². The van der Waals surface area contributed by atoms with E-state index in [4.69, 9.17) is 4.79 Å². The molecule has 64 valence electrons. The largest absolute Gasteiger partial charge is 0.403 e. The standard InChI is InChI=1S/CHF6NOS/c2-8-1(9)10(3,4,5,6)7/h(H,8,9). The minimum Gasteiger partial charge on any atom is -0.249 e. The van der Waals surface area contributed by atoms with Gasteiger partial charge in [0.25, 0.3) is 0 Å². The number of rotatable bonds is 0. The summed E-state index contributed by atoms with van der Waals surface area (Å²) < 4.78 is 65.4. The summed E-state index contributed by atoms with van der Waals surface area (Å²) in [7, 11) is -10.3. The summed E-state index contributed by atoms with van der Waals surface area (Å²) in [6.45, 7) is 0. The molecule has 0 spiro atoms. The van der Waals surface area contributed by atoms with Gasteiger partial charge >= 0.3 is 15.5 Å². The number of carbonyl (C=O) groups is 1. The molecule has 0 aliphatic rings. The Labute approximate surface area is 50.9 Å². The van der Waals surface area contributed by atoms with Gasteiger partial charge in [0.05, 0.1) is 0 Å². The fraction of sp³-hybridized carbons (Fsp3) is 0. The van der Waals surface area contributed by atoms with Crippen LogP contribution in [0, 0.1) is 0 Å². The van der Waals surface area contributed by atoms with Crippen LogP contribution in [0.25, 0.3) is 0 Å². The van der Waals surface area contributed by atoms with Crippen LogP contribution in [-0.2, 0) is 0 Å². The van der Waals surface area contributed by atoms with Crippen molar-refractivity contribution in [1.82, 2.24) is 5.54 Å². The normalized spacial score (nSPS) is 19.0. The van der Waals surface area contributed by atoms with E-state index in [-0.39, 0.29) is 0 Å². The molecule has 0 fully saturated rings. The second kappa shape index (κ2) is 1.36. The maximum absolute atomic E-state index is 11.0. The van der Waals surface area contributed by atoms with Gasteiger partial charge in [-0.3, -0.25) is 0 Å². The first-order valence-corrected chi connectivity index (χ1v) is 3.57. The van der Waals surface area contributed by atoms with E-state index in [1.165, 1.54) is 0 Å². The van der Waals surface area contributed by atoms with Gasteiger partial charge < -0.3 is 0 Å². The highest BCUT2D eigenvalue weighted by Crippen LogP contribution is 2.98. The maximum atomic E-state index is 11.0. The Morgan fingerprint density at radius 2 is 1.40 bits per heavy atom. The molecular formula is CHF6NOS. The van der Waals surface area contributed by atoms with Crippen LogP contribution in [0.15, 0.2) is 0 Å². The molecule has 0 aliphatic heterocycles. The third kappa shape index (κ3) is 2.33.